The zero-order chi connectivity index (χ0) is 13.9. The Morgan fingerprint density at radius 3 is 2.89 bits per heavy atom. The van der Waals surface area contributed by atoms with E-state index in [4.69, 9.17) is 0 Å². The molecule has 1 saturated heterocycles. The Bertz CT molecular complexity index is 533. The van der Waals surface area contributed by atoms with Gasteiger partial charge in [0, 0.05) is 23.6 Å². The average Bonchev–Trinajstić information content (AvgIpc) is 2.37. The van der Waals surface area contributed by atoms with Gasteiger partial charge in [-0.3, -0.25) is 0 Å². The fourth-order valence-electron chi connectivity index (χ4n) is 2.33. The molecule has 0 saturated carbocycles. The molecule has 0 bridgehead atoms. The molecular formula is C13H19BrN2O2S. The minimum Gasteiger partial charge on any atom is -0.198 e. The van der Waals surface area contributed by atoms with Crippen LogP contribution < -0.4 is 4.72 Å². The van der Waals surface area contributed by atoms with Crippen molar-refractivity contribution in [2.24, 2.45) is 0 Å². The van der Waals surface area contributed by atoms with Gasteiger partial charge in [0.25, 0.3) is 10.2 Å². The zero-order valence-electron chi connectivity index (χ0n) is 11.0. The predicted molar refractivity (Wildman–Crippen MR) is 79.9 cm³/mol. The minimum absolute atomic E-state index is 0.0914. The van der Waals surface area contributed by atoms with Gasteiger partial charge < -0.3 is 0 Å². The molecule has 6 heteroatoms. The van der Waals surface area contributed by atoms with Crippen LogP contribution in [0.2, 0.25) is 0 Å². The van der Waals surface area contributed by atoms with Gasteiger partial charge >= 0.3 is 0 Å². The summed E-state index contributed by atoms with van der Waals surface area (Å²) in [5.74, 6) is 0. The molecule has 1 atom stereocenters. The standard InChI is InChI=1S/C13H19BrN2O2S/c1-11-5-2-3-8-16(11)19(17,18)15-10-12-6-4-7-13(14)9-12/h4,6-7,9,11,15H,2-3,5,8,10H2,1H3. The highest BCUT2D eigenvalue weighted by Gasteiger charge is 2.28. The summed E-state index contributed by atoms with van der Waals surface area (Å²) in [4.78, 5) is 0. The smallest absolute Gasteiger partial charge is 0.198 e. The normalized spacial score (nSPS) is 21.5. The number of benzene rings is 1. The van der Waals surface area contributed by atoms with Crippen molar-refractivity contribution in [2.75, 3.05) is 6.54 Å². The third kappa shape index (κ3) is 4.02. The Hall–Kier alpha value is -0.430. The zero-order valence-corrected chi connectivity index (χ0v) is 13.4. The third-order valence-corrected chi connectivity index (χ3v) is 5.56. The largest absolute Gasteiger partial charge is 0.279 e. The number of nitrogens with zero attached hydrogens (tertiary/aromatic N) is 1. The van der Waals surface area contributed by atoms with Gasteiger partial charge in [-0.1, -0.05) is 34.5 Å². The van der Waals surface area contributed by atoms with Gasteiger partial charge in [-0.05, 0) is 37.5 Å². The Kier molecular flexibility index (Phi) is 5.00. The lowest BCUT2D eigenvalue weighted by atomic mass is 10.1. The van der Waals surface area contributed by atoms with Crippen molar-refractivity contribution in [3.63, 3.8) is 0 Å². The van der Waals surface area contributed by atoms with E-state index in [0.29, 0.717) is 13.1 Å². The Labute approximate surface area is 123 Å². The summed E-state index contributed by atoms with van der Waals surface area (Å²) in [6.07, 6.45) is 3.00. The minimum atomic E-state index is -3.38. The molecule has 1 fully saturated rings. The summed E-state index contributed by atoms with van der Waals surface area (Å²) >= 11 is 3.38. The Morgan fingerprint density at radius 2 is 2.21 bits per heavy atom. The van der Waals surface area contributed by atoms with Crippen LogP contribution in [0, 0.1) is 0 Å². The molecule has 1 aromatic carbocycles. The second-order valence-electron chi connectivity index (χ2n) is 4.91. The highest BCUT2D eigenvalue weighted by atomic mass is 79.9. The van der Waals surface area contributed by atoms with Crippen molar-refractivity contribution in [2.45, 2.75) is 38.8 Å². The van der Waals surface area contributed by atoms with Crippen LogP contribution >= 0.6 is 15.9 Å². The Morgan fingerprint density at radius 1 is 1.42 bits per heavy atom. The van der Waals surface area contributed by atoms with Crippen LogP contribution in [-0.4, -0.2) is 25.3 Å². The van der Waals surface area contributed by atoms with E-state index in [2.05, 4.69) is 20.7 Å². The molecule has 0 radical (unpaired) electrons. The van der Waals surface area contributed by atoms with Crippen LogP contribution in [0.15, 0.2) is 28.7 Å². The van der Waals surface area contributed by atoms with Crippen LogP contribution in [0.5, 0.6) is 0 Å². The van der Waals surface area contributed by atoms with E-state index in [-0.39, 0.29) is 6.04 Å². The van der Waals surface area contributed by atoms with E-state index in [1.54, 1.807) is 4.31 Å². The molecule has 19 heavy (non-hydrogen) atoms. The molecule has 1 heterocycles. The lowest BCUT2D eigenvalue weighted by Gasteiger charge is -2.32. The summed E-state index contributed by atoms with van der Waals surface area (Å²) in [7, 11) is -3.38. The molecule has 0 spiro atoms. The third-order valence-electron chi connectivity index (χ3n) is 3.40. The molecule has 0 amide bonds. The van der Waals surface area contributed by atoms with Crippen LogP contribution in [0.1, 0.15) is 31.7 Å². The van der Waals surface area contributed by atoms with E-state index in [0.717, 1.165) is 29.3 Å². The lowest BCUT2D eigenvalue weighted by Crippen LogP contribution is -2.47. The molecule has 1 aliphatic heterocycles. The van der Waals surface area contributed by atoms with Crippen LogP contribution in [-0.2, 0) is 16.8 Å². The fraction of sp³-hybridized carbons (Fsp3) is 0.538. The first-order valence-electron chi connectivity index (χ1n) is 6.50. The molecule has 0 aliphatic carbocycles. The van der Waals surface area contributed by atoms with Crippen LogP contribution in [0.25, 0.3) is 0 Å². The Balaban J connectivity index is 2.01. The predicted octanol–water partition coefficient (Wildman–Crippen LogP) is 2.66. The summed E-state index contributed by atoms with van der Waals surface area (Å²) < 4.78 is 29.7. The van der Waals surface area contributed by atoms with Gasteiger partial charge in [-0.15, -0.1) is 0 Å². The second kappa shape index (κ2) is 6.35. The quantitative estimate of drug-likeness (QED) is 0.910. The SMILES string of the molecule is CC1CCCCN1S(=O)(=O)NCc1cccc(Br)c1. The first-order valence-corrected chi connectivity index (χ1v) is 8.73. The van der Waals surface area contributed by atoms with Crippen LogP contribution in [0.4, 0.5) is 0 Å². The highest BCUT2D eigenvalue weighted by Crippen LogP contribution is 2.19. The summed E-state index contributed by atoms with van der Waals surface area (Å²) in [5, 5.41) is 0. The van der Waals surface area contributed by atoms with Crippen molar-refractivity contribution in [1.82, 2.24) is 9.03 Å². The molecule has 1 unspecified atom stereocenters. The average molecular weight is 347 g/mol. The molecule has 106 valence electrons. The maximum absolute atomic E-state index is 12.3. The van der Waals surface area contributed by atoms with Gasteiger partial charge in [-0.2, -0.15) is 17.4 Å². The summed E-state index contributed by atoms with van der Waals surface area (Å²) in [5.41, 5.74) is 0.947. The molecule has 1 N–H and O–H groups in total. The van der Waals surface area contributed by atoms with Gasteiger partial charge in [-0.25, -0.2) is 0 Å². The molecule has 2 rings (SSSR count). The first-order chi connectivity index (χ1) is 8.99. The lowest BCUT2D eigenvalue weighted by molar-refractivity contribution is 0.265. The second-order valence-corrected chi connectivity index (χ2v) is 7.54. The van der Waals surface area contributed by atoms with Crippen LogP contribution in [0.3, 0.4) is 0 Å². The van der Waals surface area contributed by atoms with Crippen molar-refractivity contribution in [3.8, 4) is 0 Å². The highest BCUT2D eigenvalue weighted by molar-refractivity contribution is 9.10. The van der Waals surface area contributed by atoms with Crippen molar-refractivity contribution >= 4 is 26.1 Å². The van der Waals surface area contributed by atoms with E-state index in [9.17, 15) is 8.42 Å². The monoisotopic (exact) mass is 346 g/mol. The maximum atomic E-state index is 12.3. The van der Waals surface area contributed by atoms with Gasteiger partial charge in [0.05, 0.1) is 0 Å². The van der Waals surface area contributed by atoms with Crippen molar-refractivity contribution in [3.05, 3.63) is 34.3 Å². The maximum Gasteiger partial charge on any atom is 0.279 e. The topological polar surface area (TPSA) is 49.4 Å². The van der Waals surface area contributed by atoms with Crippen molar-refractivity contribution in [1.29, 1.82) is 0 Å². The van der Waals surface area contributed by atoms with E-state index >= 15 is 0 Å². The van der Waals surface area contributed by atoms with E-state index in [1.807, 2.05) is 31.2 Å². The number of halogens is 1. The summed E-state index contributed by atoms with van der Waals surface area (Å²) in [6, 6.07) is 7.74. The molecule has 1 aliphatic rings. The molecular weight excluding hydrogens is 328 g/mol. The summed E-state index contributed by atoms with van der Waals surface area (Å²) in [6.45, 7) is 2.91. The van der Waals surface area contributed by atoms with Crippen molar-refractivity contribution < 1.29 is 8.42 Å². The van der Waals surface area contributed by atoms with Gasteiger partial charge in [0.2, 0.25) is 0 Å². The number of hydrogen-bond acceptors (Lipinski definition) is 2. The molecule has 1 aromatic rings. The first kappa shape index (κ1) is 15.0. The fourth-order valence-corrected chi connectivity index (χ4v) is 4.24. The van der Waals surface area contributed by atoms with Gasteiger partial charge in [0.15, 0.2) is 0 Å². The van der Waals surface area contributed by atoms with Gasteiger partial charge in [0.1, 0.15) is 0 Å². The van der Waals surface area contributed by atoms with E-state index in [1.165, 1.54) is 0 Å². The van der Waals surface area contributed by atoms with E-state index < -0.39 is 10.2 Å². The number of rotatable bonds is 4. The number of hydrogen-bond donors (Lipinski definition) is 1. The number of nitrogens with one attached hydrogen (secondary N) is 1. The molecule has 0 aromatic heterocycles. The number of piperidine rings is 1. The molecule has 4 nitrogen and oxygen atoms in total.